The van der Waals surface area contributed by atoms with Crippen molar-refractivity contribution in [2.45, 2.75) is 85.1 Å². The molecule has 286 valence electrons. The van der Waals surface area contributed by atoms with Crippen molar-refractivity contribution < 1.29 is 41.8 Å². The zero-order valence-corrected chi connectivity index (χ0v) is 32.8. The van der Waals surface area contributed by atoms with Crippen LogP contribution in [-0.2, 0) is 22.8 Å². The molecule has 0 saturated carbocycles. The lowest BCUT2D eigenvalue weighted by Crippen LogP contribution is -2.46. The fourth-order valence-electron chi connectivity index (χ4n) is 6.06. The largest absolute Gasteiger partial charge is 0.501 e. The van der Waals surface area contributed by atoms with E-state index >= 15 is 0 Å². The van der Waals surface area contributed by atoms with E-state index in [1.807, 2.05) is 81.4 Å². The molecule has 10 heteroatoms. The highest BCUT2D eigenvalue weighted by Gasteiger charge is 2.39. The molecule has 4 rings (SSSR count). The topological polar surface area (TPSA) is 90.9 Å². The Bertz CT molecular complexity index is 1390. The molecular formula is C42H60O9Si. The highest BCUT2D eigenvalue weighted by atomic mass is 28.4. The van der Waals surface area contributed by atoms with Gasteiger partial charge in [-0.25, -0.2) is 4.79 Å². The van der Waals surface area contributed by atoms with Crippen LogP contribution in [0.1, 0.15) is 89.4 Å². The molecule has 0 unspecified atom stereocenters. The smallest absolute Gasteiger partial charge is 0.494 e. The monoisotopic (exact) mass is 736 g/mol. The van der Waals surface area contributed by atoms with Crippen molar-refractivity contribution >= 4 is 14.8 Å². The third-order valence-corrected chi connectivity index (χ3v) is 12.4. The summed E-state index contributed by atoms with van der Waals surface area (Å²) in [5, 5.41) is 0. The molecule has 9 nitrogen and oxygen atoms in total. The molecule has 3 aromatic carbocycles. The summed E-state index contributed by atoms with van der Waals surface area (Å²) in [5.74, 6) is 1.63. The first-order valence-corrected chi connectivity index (χ1v) is 21.2. The third-order valence-electron chi connectivity index (χ3n) is 9.26. The standard InChI is InChI=1S/C42H60O9Si/c1-5-42(33-45-34-42)32-44-28-13-11-9-10-12-14-29-46-39-24-20-37(21-25-39)41(43)51-40-26-18-36(19-27-40)35-16-22-38(23-17-35)47-30-15-31-52(48-6-2,49-7-3)50-8-4/h16-27H,5-15,28-34H2,1-4H3. The van der Waals surface area contributed by atoms with Crippen LogP contribution in [0.15, 0.2) is 72.8 Å². The Morgan fingerprint density at radius 1 is 0.615 bits per heavy atom. The van der Waals surface area contributed by atoms with E-state index in [-0.39, 0.29) is 5.41 Å². The molecule has 0 atom stereocenters. The van der Waals surface area contributed by atoms with Crippen molar-refractivity contribution in [1.82, 2.24) is 0 Å². The zero-order valence-electron chi connectivity index (χ0n) is 31.8. The van der Waals surface area contributed by atoms with Crippen LogP contribution in [0.5, 0.6) is 17.2 Å². The van der Waals surface area contributed by atoms with Crippen molar-refractivity contribution in [3.05, 3.63) is 78.4 Å². The summed E-state index contributed by atoms with van der Waals surface area (Å²) in [6, 6.07) is 23.3. The second-order valence-electron chi connectivity index (χ2n) is 13.3. The molecule has 0 amide bonds. The fraction of sp³-hybridized carbons (Fsp3) is 0.548. The van der Waals surface area contributed by atoms with Gasteiger partial charge >= 0.3 is 14.8 Å². The summed E-state index contributed by atoms with van der Waals surface area (Å²) in [7, 11) is -2.66. The third kappa shape index (κ3) is 13.6. The maximum atomic E-state index is 12.8. The minimum atomic E-state index is -2.66. The van der Waals surface area contributed by atoms with Gasteiger partial charge in [0.1, 0.15) is 17.2 Å². The molecule has 0 bridgehead atoms. The van der Waals surface area contributed by atoms with Gasteiger partial charge in [0.05, 0.1) is 38.6 Å². The Kier molecular flexibility index (Phi) is 18.1. The van der Waals surface area contributed by atoms with Crippen LogP contribution in [0.2, 0.25) is 6.04 Å². The van der Waals surface area contributed by atoms with Crippen LogP contribution >= 0.6 is 0 Å². The molecule has 3 aromatic rings. The summed E-state index contributed by atoms with van der Waals surface area (Å²) in [4.78, 5) is 12.8. The van der Waals surface area contributed by atoms with E-state index in [9.17, 15) is 4.79 Å². The van der Waals surface area contributed by atoms with E-state index in [0.717, 1.165) is 81.2 Å². The van der Waals surface area contributed by atoms with E-state index in [0.29, 0.717) is 50.4 Å². The molecule has 1 heterocycles. The molecular weight excluding hydrogens is 677 g/mol. The first-order chi connectivity index (χ1) is 25.4. The predicted molar refractivity (Wildman–Crippen MR) is 206 cm³/mol. The molecule has 0 spiro atoms. The molecule has 52 heavy (non-hydrogen) atoms. The predicted octanol–water partition coefficient (Wildman–Crippen LogP) is 9.55. The van der Waals surface area contributed by atoms with Gasteiger partial charge in [0.15, 0.2) is 0 Å². The van der Waals surface area contributed by atoms with Crippen LogP contribution in [0, 0.1) is 5.41 Å². The second-order valence-corrected chi connectivity index (χ2v) is 16.0. The van der Waals surface area contributed by atoms with E-state index in [2.05, 4.69) is 6.92 Å². The number of rotatable bonds is 27. The summed E-state index contributed by atoms with van der Waals surface area (Å²) < 4.78 is 46.5. The molecule has 1 aliphatic heterocycles. The summed E-state index contributed by atoms with van der Waals surface area (Å²) >= 11 is 0. The van der Waals surface area contributed by atoms with Gasteiger partial charge in [-0.15, -0.1) is 0 Å². The van der Waals surface area contributed by atoms with E-state index in [4.69, 9.17) is 37.0 Å². The number of carbonyl (C=O) groups is 1. The number of carbonyl (C=O) groups excluding carboxylic acids is 1. The Labute approximate surface area is 312 Å². The van der Waals surface area contributed by atoms with Crippen LogP contribution in [0.3, 0.4) is 0 Å². The van der Waals surface area contributed by atoms with Crippen molar-refractivity contribution in [3.8, 4) is 28.4 Å². The quantitative estimate of drug-likeness (QED) is 0.0329. The lowest BCUT2D eigenvalue weighted by Gasteiger charge is -2.40. The summed E-state index contributed by atoms with van der Waals surface area (Å²) in [6.45, 7) is 14.4. The van der Waals surface area contributed by atoms with E-state index in [1.54, 1.807) is 12.1 Å². The van der Waals surface area contributed by atoms with Crippen molar-refractivity contribution in [3.63, 3.8) is 0 Å². The number of hydrogen-bond donors (Lipinski definition) is 0. The molecule has 1 fully saturated rings. The molecule has 0 radical (unpaired) electrons. The van der Waals surface area contributed by atoms with Crippen LogP contribution < -0.4 is 14.2 Å². The number of ether oxygens (including phenoxy) is 5. The molecule has 0 aromatic heterocycles. The Morgan fingerprint density at radius 3 is 1.60 bits per heavy atom. The fourth-order valence-corrected chi connectivity index (χ4v) is 8.64. The van der Waals surface area contributed by atoms with Gasteiger partial charge in [0.25, 0.3) is 0 Å². The van der Waals surface area contributed by atoms with Crippen molar-refractivity contribution in [1.29, 1.82) is 0 Å². The van der Waals surface area contributed by atoms with E-state index < -0.39 is 14.8 Å². The average molecular weight is 737 g/mol. The zero-order chi connectivity index (χ0) is 36.9. The first kappa shape index (κ1) is 41.5. The van der Waals surface area contributed by atoms with Gasteiger partial charge in [0.2, 0.25) is 0 Å². The van der Waals surface area contributed by atoms with Gasteiger partial charge in [-0.1, -0.05) is 56.9 Å². The maximum absolute atomic E-state index is 12.8. The average Bonchev–Trinajstić information content (AvgIpc) is 3.14. The van der Waals surface area contributed by atoms with Gasteiger partial charge in [-0.2, -0.15) is 0 Å². The minimum Gasteiger partial charge on any atom is -0.494 e. The Morgan fingerprint density at radius 2 is 1.10 bits per heavy atom. The maximum Gasteiger partial charge on any atom is 0.501 e. The lowest BCUT2D eigenvalue weighted by molar-refractivity contribution is -0.150. The highest BCUT2D eigenvalue weighted by Crippen LogP contribution is 2.31. The number of hydrogen-bond acceptors (Lipinski definition) is 9. The molecule has 1 saturated heterocycles. The first-order valence-electron chi connectivity index (χ1n) is 19.3. The minimum absolute atomic E-state index is 0.279. The molecule has 0 aliphatic carbocycles. The van der Waals surface area contributed by atoms with Crippen molar-refractivity contribution in [2.75, 3.05) is 59.5 Å². The van der Waals surface area contributed by atoms with Crippen LogP contribution in [0.25, 0.3) is 11.1 Å². The number of unbranched alkanes of at least 4 members (excludes halogenated alkanes) is 5. The SMILES string of the molecule is CCO[Si](CCCOc1ccc(-c2ccc(OC(=O)c3ccc(OCCCCCCCCOCC4(CC)COC4)cc3)cc2)cc1)(OCC)OCC. The van der Waals surface area contributed by atoms with Gasteiger partial charge in [-0.05, 0) is 106 Å². The van der Waals surface area contributed by atoms with Gasteiger partial charge in [-0.3, -0.25) is 0 Å². The second kappa shape index (κ2) is 22.7. The number of benzene rings is 3. The lowest BCUT2D eigenvalue weighted by atomic mass is 9.84. The summed E-state index contributed by atoms with van der Waals surface area (Å²) in [6.07, 6.45) is 8.80. The van der Waals surface area contributed by atoms with Crippen molar-refractivity contribution in [2.24, 2.45) is 5.41 Å². The highest BCUT2D eigenvalue weighted by molar-refractivity contribution is 6.60. The summed E-state index contributed by atoms with van der Waals surface area (Å²) in [5.41, 5.74) is 2.81. The van der Waals surface area contributed by atoms with Gasteiger partial charge in [0, 0.05) is 37.9 Å². The molecule has 1 aliphatic rings. The Hall–Kier alpha value is -3.25. The van der Waals surface area contributed by atoms with Crippen LogP contribution in [-0.4, -0.2) is 74.2 Å². The normalized spacial score (nSPS) is 13.8. The van der Waals surface area contributed by atoms with E-state index in [1.165, 1.54) is 19.3 Å². The number of esters is 1. The Balaban J connectivity index is 1.09. The molecule has 0 N–H and O–H groups in total. The van der Waals surface area contributed by atoms with Crippen LogP contribution in [0.4, 0.5) is 0 Å². The van der Waals surface area contributed by atoms with Gasteiger partial charge < -0.3 is 37.0 Å².